The van der Waals surface area contributed by atoms with Crippen LogP contribution in [0.3, 0.4) is 0 Å². The van der Waals surface area contributed by atoms with Gasteiger partial charge in [-0.25, -0.2) is 0 Å². The van der Waals surface area contributed by atoms with Crippen LogP contribution in [0.2, 0.25) is 0 Å². The third-order valence-electron chi connectivity index (χ3n) is 4.08. The second-order valence-electron chi connectivity index (χ2n) is 5.50. The van der Waals surface area contributed by atoms with Gasteiger partial charge < -0.3 is 4.74 Å². The Morgan fingerprint density at radius 3 is 2.50 bits per heavy atom. The molecule has 1 aliphatic rings. The van der Waals surface area contributed by atoms with E-state index in [1.165, 1.54) is 45.6 Å². The van der Waals surface area contributed by atoms with Crippen molar-refractivity contribution in [3.63, 3.8) is 0 Å². The molecule has 0 aliphatic heterocycles. The van der Waals surface area contributed by atoms with Crippen molar-refractivity contribution < 1.29 is 9.53 Å². The van der Waals surface area contributed by atoms with Crippen molar-refractivity contribution in [2.24, 2.45) is 5.41 Å². The number of hydrogen-bond acceptors (Lipinski definition) is 2. The summed E-state index contributed by atoms with van der Waals surface area (Å²) in [7, 11) is 1.52. The molecule has 0 saturated heterocycles. The van der Waals surface area contributed by atoms with Crippen molar-refractivity contribution in [3.05, 3.63) is 12.2 Å². The van der Waals surface area contributed by atoms with Gasteiger partial charge in [-0.2, -0.15) is 0 Å². The fourth-order valence-corrected chi connectivity index (χ4v) is 2.88. The summed E-state index contributed by atoms with van der Waals surface area (Å²) in [6.45, 7) is 2.22. The molecule has 2 heteroatoms. The molecule has 1 fully saturated rings. The van der Waals surface area contributed by atoms with E-state index in [2.05, 4.69) is 19.1 Å². The van der Waals surface area contributed by atoms with Crippen LogP contribution in [0.1, 0.15) is 71.1 Å². The number of methoxy groups -OCH3 is 1. The molecule has 0 unspecified atom stereocenters. The summed E-state index contributed by atoms with van der Waals surface area (Å²) in [6.07, 6.45) is 15.9. The van der Waals surface area contributed by atoms with Crippen LogP contribution in [-0.4, -0.2) is 13.1 Å². The van der Waals surface area contributed by atoms with E-state index in [0.717, 1.165) is 25.7 Å². The third kappa shape index (κ3) is 4.47. The van der Waals surface area contributed by atoms with Gasteiger partial charge >= 0.3 is 5.97 Å². The van der Waals surface area contributed by atoms with Gasteiger partial charge in [-0.1, -0.05) is 51.2 Å². The van der Waals surface area contributed by atoms with Gasteiger partial charge in [-0.15, -0.1) is 0 Å². The van der Waals surface area contributed by atoms with Gasteiger partial charge in [0.05, 0.1) is 12.5 Å². The molecule has 0 aromatic rings. The van der Waals surface area contributed by atoms with Crippen molar-refractivity contribution in [1.29, 1.82) is 0 Å². The van der Waals surface area contributed by atoms with E-state index < -0.39 is 0 Å². The molecular weight excluding hydrogens is 224 g/mol. The van der Waals surface area contributed by atoms with Gasteiger partial charge in [0.25, 0.3) is 0 Å². The Hall–Kier alpha value is -0.790. The summed E-state index contributed by atoms with van der Waals surface area (Å²) in [5.41, 5.74) is -0.214. The molecule has 0 N–H and O–H groups in total. The van der Waals surface area contributed by atoms with Gasteiger partial charge in [0.1, 0.15) is 0 Å². The summed E-state index contributed by atoms with van der Waals surface area (Å²) in [5.74, 6) is 0.000378. The van der Waals surface area contributed by atoms with Gasteiger partial charge in [0.2, 0.25) is 0 Å². The largest absolute Gasteiger partial charge is 0.469 e. The highest BCUT2D eigenvalue weighted by atomic mass is 16.5. The average molecular weight is 252 g/mol. The van der Waals surface area contributed by atoms with E-state index in [9.17, 15) is 4.79 Å². The average Bonchev–Trinajstić information content (AvgIpc) is 2.43. The highest BCUT2D eigenvalue weighted by Crippen LogP contribution is 2.40. The SMILES string of the molecule is CCCCC/C=C/CC1(C(=O)OC)CCCCC1. The molecule has 0 radical (unpaired) electrons. The zero-order valence-corrected chi connectivity index (χ0v) is 12.0. The van der Waals surface area contributed by atoms with Gasteiger partial charge in [-0.3, -0.25) is 4.79 Å². The number of carbonyl (C=O) groups is 1. The molecule has 18 heavy (non-hydrogen) atoms. The zero-order chi connectivity index (χ0) is 13.3. The molecule has 0 bridgehead atoms. The van der Waals surface area contributed by atoms with Gasteiger partial charge in [0, 0.05) is 0 Å². The van der Waals surface area contributed by atoms with Crippen LogP contribution < -0.4 is 0 Å². The lowest BCUT2D eigenvalue weighted by Gasteiger charge is -2.33. The Kier molecular flexibility index (Phi) is 7.07. The molecule has 0 aromatic heterocycles. The quantitative estimate of drug-likeness (QED) is 0.375. The van der Waals surface area contributed by atoms with Crippen LogP contribution in [0.15, 0.2) is 12.2 Å². The van der Waals surface area contributed by atoms with Crippen LogP contribution in [0.4, 0.5) is 0 Å². The number of hydrogen-bond donors (Lipinski definition) is 0. The molecule has 0 aromatic carbocycles. The molecule has 2 nitrogen and oxygen atoms in total. The summed E-state index contributed by atoms with van der Waals surface area (Å²) in [4.78, 5) is 12.0. The molecule has 1 aliphatic carbocycles. The maximum atomic E-state index is 12.0. The predicted molar refractivity (Wildman–Crippen MR) is 75.4 cm³/mol. The maximum Gasteiger partial charge on any atom is 0.312 e. The first-order valence-corrected chi connectivity index (χ1v) is 7.48. The molecule has 0 atom stereocenters. The second-order valence-corrected chi connectivity index (χ2v) is 5.50. The Labute approximate surface area is 112 Å². The Balaban J connectivity index is 2.44. The van der Waals surface area contributed by atoms with Crippen LogP contribution >= 0.6 is 0 Å². The number of ether oxygens (including phenoxy) is 1. The summed E-state index contributed by atoms with van der Waals surface area (Å²) in [5, 5.41) is 0. The first kappa shape index (κ1) is 15.3. The summed E-state index contributed by atoms with van der Waals surface area (Å²) < 4.78 is 5.02. The predicted octanol–water partition coefficient (Wildman–Crippen LogP) is 4.64. The van der Waals surface area contributed by atoms with Crippen molar-refractivity contribution in [1.82, 2.24) is 0 Å². The first-order valence-electron chi connectivity index (χ1n) is 7.48. The van der Waals surface area contributed by atoms with E-state index in [1.54, 1.807) is 0 Å². The number of rotatable bonds is 7. The minimum Gasteiger partial charge on any atom is -0.469 e. The lowest BCUT2D eigenvalue weighted by Crippen LogP contribution is -2.34. The Morgan fingerprint density at radius 2 is 1.89 bits per heavy atom. The molecule has 1 saturated carbocycles. The highest BCUT2D eigenvalue weighted by Gasteiger charge is 2.39. The Bertz CT molecular complexity index is 262. The van der Waals surface area contributed by atoms with E-state index in [-0.39, 0.29) is 11.4 Å². The van der Waals surface area contributed by atoms with Crippen molar-refractivity contribution in [2.45, 2.75) is 71.1 Å². The number of carbonyl (C=O) groups excluding carboxylic acids is 1. The van der Waals surface area contributed by atoms with Crippen LogP contribution in [0.25, 0.3) is 0 Å². The van der Waals surface area contributed by atoms with Crippen LogP contribution in [-0.2, 0) is 9.53 Å². The van der Waals surface area contributed by atoms with Crippen LogP contribution in [0, 0.1) is 5.41 Å². The van der Waals surface area contributed by atoms with E-state index in [1.807, 2.05) is 0 Å². The zero-order valence-electron chi connectivity index (χ0n) is 12.0. The second kappa shape index (κ2) is 8.34. The normalized spacial score (nSPS) is 19.0. The van der Waals surface area contributed by atoms with Gasteiger partial charge in [0.15, 0.2) is 0 Å². The number of unbranched alkanes of at least 4 members (excludes halogenated alkanes) is 3. The molecule has 0 amide bonds. The lowest BCUT2D eigenvalue weighted by atomic mass is 9.72. The fourth-order valence-electron chi connectivity index (χ4n) is 2.88. The molecule has 0 heterocycles. The molecular formula is C16H28O2. The highest BCUT2D eigenvalue weighted by molar-refractivity contribution is 5.77. The number of esters is 1. The van der Waals surface area contributed by atoms with Crippen molar-refractivity contribution >= 4 is 5.97 Å². The molecule has 0 spiro atoms. The lowest BCUT2D eigenvalue weighted by molar-refractivity contribution is -0.154. The first-order chi connectivity index (χ1) is 8.75. The summed E-state index contributed by atoms with van der Waals surface area (Å²) >= 11 is 0. The van der Waals surface area contributed by atoms with Crippen LogP contribution in [0.5, 0.6) is 0 Å². The van der Waals surface area contributed by atoms with Crippen molar-refractivity contribution in [2.75, 3.05) is 7.11 Å². The smallest absolute Gasteiger partial charge is 0.312 e. The van der Waals surface area contributed by atoms with E-state index in [4.69, 9.17) is 4.74 Å². The van der Waals surface area contributed by atoms with E-state index in [0.29, 0.717) is 0 Å². The maximum absolute atomic E-state index is 12.0. The summed E-state index contributed by atoms with van der Waals surface area (Å²) in [6, 6.07) is 0. The minimum absolute atomic E-state index is 0.000378. The number of allylic oxidation sites excluding steroid dienone is 2. The molecule has 104 valence electrons. The standard InChI is InChI=1S/C16H28O2/c1-3-4-5-6-7-9-12-16(15(17)18-2)13-10-8-11-14-16/h7,9H,3-6,8,10-14H2,1-2H3/b9-7+. The topological polar surface area (TPSA) is 26.3 Å². The monoisotopic (exact) mass is 252 g/mol. The Morgan fingerprint density at radius 1 is 1.17 bits per heavy atom. The van der Waals surface area contributed by atoms with Crippen molar-refractivity contribution in [3.8, 4) is 0 Å². The minimum atomic E-state index is -0.214. The molecule has 1 rings (SSSR count). The third-order valence-corrected chi connectivity index (χ3v) is 4.08. The van der Waals surface area contributed by atoms with Gasteiger partial charge in [-0.05, 0) is 32.1 Å². The fraction of sp³-hybridized carbons (Fsp3) is 0.812. The van der Waals surface area contributed by atoms with E-state index >= 15 is 0 Å².